The van der Waals surface area contributed by atoms with Crippen molar-refractivity contribution in [3.05, 3.63) is 64.7 Å². The molecule has 0 saturated heterocycles. The zero-order valence-corrected chi connectivity index (χ0v) is 13.0. The lowest BCUT2D eigenvalue weighted by molar-refractivity contribution is -0.121. The average molecular weight is 355 g/mol. The maximum atomic E-state index is 12.0. The summed E-state index contributed by atoms with van der Waals surface area (Å²) in [5.74, 6) is -1.06. The minimum Gasteiger partial charge on any atom is -0.435 e. The summed E-state index contributed by atoms with van der Waals surface area (Å²) in [6.45, 7) is -2.93. The molecule has 2 aromatic rings. The van der Waals surface area contributed by atoms with Gasteiger partial charge < -0.3 is 4.74 Å². The summed E-state index contributed by atoms with van der Waals surface area (Å²) in [6.07, 6.45) is 0.0681. The zero-order valence-electron chi connectivity index (χ0n) is 12.3. The van der Waals surface area contributed by atoms with E-state index in [9.17, 15) is 18.4 Å². The van der Waals surface area contributed by atoms with E-state index in [1.54, 1.807) is 24.3 Å². The van der Waals surface area contributed by atoms with E-state index in [0.717, 1.165) is 5.56 Å². The lowest BCUT2D eigenvalue weighted by Gasteiger charge is -2.08. The Hall–Kier alpha value is -2.67. The molecule has 0 atom stereocenters. The van der Waals surface area contributed by atoms with Crippen molar-refractivity contribution in [2.75, 3.05) is 0 Å². The predicted molar refractivity (Wildman–Crippen MR) is 83.8 cm³/mol. The van der Waals surface area contributed by atoms with Crippen LogP contribution in [0.25, 0.3) is 0 Å². The number of nitrogens with one attached hydrogen (secondary N) is 2. The van der Waals surface area contributed by atoms with Gasteiger partial charge in [-0.25, -0.2) is 0 Å². The van der Waals surface area contributed by atoms with Gasteiger partial charge in [-0.2, -0.15) is 8.78 Å². The normalized spacial score (nSPS) is 10.3. The van der Waals surface area contributed by atoms with E-state index in [-0.39, 0.29) is 17.7 Å². The highest BCUT2D eigenvalue weighted by atomic mass is 35.5. The first kappa shape index (κ1) is 17.7. The van der Waals surface area contributed by atoms with Gasteiger partial charge in [-0.05, 0) is 42.0 Å². The van der Waals surface area contributed by atoms with Gasteiger partial charge in [0.15, 0.2) is 0 Å². The molecule has 0 aromatic heterocycles. The Kier molecular flexibility index (Phi) is 6.08. The van der Waals surface area contributed by atoms with Crippen LogP contribution < -0.4 is 15.6 Å². The van der Waals surface area contributed by atoms with Crippen LogP contribution in [0, 0.1) is 0 Å². The smallest absolute Gasteiger partial charge is 0.387 e. The van der Waals surface area contributed by atoms with Crippen LogP contribution in [0.3, 0.4) is 0 Å². The molecule has 0 saturated carbocycles. The first-order valence-electron chi connectivity index (χ1n) is 6.82. The van der Waals surface area contributed by atoms with E-state index < -0.39 is 18.4 Å². The number of benzene rings is 2. The fourth-order valence-electron chi connectivity index (χ4n) is 1.82. The highest BCUT2D eigenvalue weighted by molar-refractivity contribution is 6.30. The van der Waals surface area contributed by atoms with Crippen LogP contribution in [0.1, 0.15) is 15.9 Å². The van der Waals surface area contributed by atoms with Crippen LogP contribution in [-0.4, -0.2) is 18.4 Å². The Morgan fingerprint density at radius 3 is 2.21 bits per heavy atom. The van der Waals surface area contributed by atoms with Gasteiger partial charge in [0.25, 0.3) is 5.91 Å². The summed E-state index contributed by atoms with van der Waals surface area (Å²) < 4.78 is 28.2. The van der Waals surface area contributed by atoms with Crippen LogP contribution >= 0.6 is 11.6 Å². The molecule has 126 valence electrons. The van der Waals surface area contributed by atoms with Crippen molar-refractivity contribution in [1.82, 2.24) is 10.9 Å². The third kappa shape index (κ3) is 5.51. The van der Waals surface area contributed by atoms with Gasteiger partial charge in [0.2, 0.25) is 5.91 Å². The topological polar surface area (TPSA) is 67.4 Å². The summed E-state index contributed by atoms with van der Waals surface area (Å²) in [7, 11) is 0. The van der Waals surface area contributed by atoms with Crippen LogP contribution in [0.2, 0.25) is 5.02 Å². The molecule has 2 rings (SSSR count). The van der Waals surface area contributed by atoms with Crippen LogP contribution in [0.4, 0.5) is 8.78 Å². The van der Waals surface area contributed by atoms with Gasteiger partial charge in [0, 0.05) is 10.6 Å². The molecule has 0 spiro atoms. The van der Waals surface area contributed by atoms with Crippen molar-refractivity contribution < 1.29 is 23.1 Å². The average Bonchev–Trinajstić information content (AvgIpc) is 2.55. The molecule has 8 heteroatoms. The van der Waals surface area contributed by atoms with Gasteiger partial charge in [0.1, 0.15) is 5.75 Å². The number of hydrogen-bond donors (Lipinski definition) is 2. The standard InChI is InChI=1S/C16H13ClF2N2O3/c17-12-5-1-10(2-6-12)9-14(22)20-21-15(23)11-3-7-13(8-4-11)24-16(18)19/h1-8,16H,9H2,(H,20,22)(H,21,23). The van der Waals surface area contributed by atoms with E-state index in [0.29, 0.717) is 5.02 Å². The molecule has 0 bridgehead atoms. The summed E-state index contributed by atoms with van der Waals surface area (Å²) in [6, 6.07) is 11.8. The van der Waals surface area contributed by atoms with E-state index in [2.05, 4.69) is 15.6 Å². The summed E-state index contributed by atoms with van der Waals surface area (Å²) in [5.41, 5.74) is 5.42. The second-order valence-electron chi connectivity index (χ2n) is 4.71. The molecule has 0 unspecified atom stereocenters. The van der Waals surface area contributed by atoms with Gasteiger partial charge in [-0.15, -0.1) is 0 Å². The third-order valence-electron chi connectivity index (χ3n) is 2.94. The zero-order chi connectivity index (χ0) is 17.5. The Bertz CT molecular complexity index is 706. The minimum absolute atomic E-state index is 0.0617. The molecule has 2 aromatic carbocycles. The summed E-state index contributed by atoms with van der Waals surface area (Å²) in [4.78, 5) is 23.6. The Balaban J connectivity index is 1.83. The molecule has 2 N–H and O–H groups in total. The molecular weight excluding hydrogens is 342 g/mol. The number of hydrazine groups is 1. The number of alkyl halides is 2. The second-order valence-corrected chi connectivity index (χ2v) is 5.14. The van der Waals surface area contributed by atoms with E-state index in [1.807, 2.05) is 0 Å². The highest BCUT2D eigenvalue weighted by Gasteiger charge is 2.09. The van der Waals surface area contributed by atoms with Crippen molar-refractivity contribution in [3.63, 3.8) is 0 Å². The largest absolute Gasteiger partial charge is 0.435 e. The maximum absolute atomic E-state index is 12.0. The minimum atomic E-state index is -2.93. The van der Waals surface area contributed by atoms with Crippen molar-refractivity contribution in [2.45, 2.75) is 13.0 Å². The molecular formula is C16H13ClF2N2O3. The van der Waals surface area contributed by atoms with E-state index in [1.165, 1.54) is 24.3 Å². The van der Waals surface area contributed by atoms with E-state index >= 15 is 0 Å². The number of hydrogen-bond acceptors (Lipinski definition) is 3. The van der Waals surface area contributed by atoms with Crippen LogP contribution in [0.5, 0.6) is 5.75 Å². The fourth-order valence-corrected chi connectivity index (χ4v) is 1.94. The first-order valence-corrected chi connectivity index (χ1v) is 7.20. The molecule has 5 nitrogen and oxygen atoms in total. The highest BCUT2D eigenvalue weighted by Crippen LogP contribution is 2.14. The van der Waals surface area contributed by atoms with Crippen molar-refractivity contribution in [1.29, 1.82) is 0 Å². The molecule has 0 aliphatic rings. The molecule has 0 heterocycles. The Labute approximate surface area is 141 Å². The Morgan fingerprint density at radius 1 is 1.00 bits per heavy atom. The van der Waals surface area contributed by atoms with Gasteiger partial charge in [0.05, 0.1) is 6.42 Å². The monoisotopic (exact) mass is 354 g/mol. The summed E-state index contributed by atoms with van der Waals surface area (Å²) in [5, 5.41) is 0.562. The fraction of sp³-hybridized carbons (Fsp3) is 0.125. The Morgan fingerprint density at radius 2 is 1.62 bits per heavy atom. The van der Waals surface area contributed by atoms with Gasteiger partial charge in [-0.3, -0.25) is 20.4 Å². The summed E-state index contributed by atoms with van der Waals surface area (Å²) >= 11 is 5.75. The molecule has 2 amide bonds. The lowest BCUT2D eigenvalue weighted by atomic mass is 10.1. The SMILES string of the molecule is O=C(Cc1ccc(Cl)cc1)NNC(=O)c1ccc(OC(F)F)cc1. The maximum Gasteiger partial charge on any atom is 0.387 e. The number of carbonyl (C=O) groups is 2. The van der Waals surface area contributed by atoms with Gasteiger partial charge in [-0.1, -0.05) is 23.7 Å². The van der Waals surface area contributed by atoms with Crippen molar-refractivity contribution in [3.8, 4) is 5.75 Å². The van der Waals surface area contributed by atoms with Crippen molar-refractivity contribution >= 4 is 23.4 Å². The lowest BCUT2D eigenvalue weighted by Crippen LogP contribution is -2.42. The number of ether oxygens (including phenoxy) is 1. The third-order valence-corrected chi connectivity index (χ3v) is 3.19. The molecule has 0 aliphatic heterocycles. The van der Waals surface area contributed by atoms with Crippen LogP contribution in [0.15, 0.2) is 48.5 Å². The number of carbonyl (C=O) groups excluding carboxylic acids is 2. The van der Waals surface area contributed by atoms with E-state index in [4.69, 9.17) is 11.6 Å². The molecule has 0 fully saturated rings. The first-order chi connectivity index (χ1) is 11.4. The van der Waals surface area contributed by atoms with Crippen LogP contribution in [-0.2, 0) is 11.2 Å². The molecule has 0 aliphatic carbocycles. The van der Waals surface area contributed by atoms with Crippen molar-refractivity contribution in [2.24, 2.45) is 0 Å². The number of amides is 2. The predicted octanol–water partition coefficient (Wildman–Crippen LogP) is 2.95. The van der Waals surface area contributed by atoms with Gasteiger partial charge >= 0.3 is 6.61 Å². The number of rotatable bonds is 5. The quantitative estimate of drug-likeness (QED) is 0.811. The number of halogens is 3. The molecule has 0 radical (unpaired) electrons. The molecule has 24 heavy (non-hydrogen) atoms. The second kappa shape index (κ2) is 8.26.